The van der Waals surface area contributed by atoms with Gasteiger partial charge in [-0.3, -0.25) is 4.99 Å². The zero-order valence-electron chi connectivity index (χ0n) is 14.1. The third-order valence-corrected chi connectivity index (χ3v) is 6.13. The van der Waals surface area contributed by atoms with Crippen molar-refractivity contribution in [2.75, 3.05) is 18.1 Å². The second-order valence-electron chi connectivity index (χ2n) is 6.69. The minimum Gasteiger partial charge on any atom is -0.464 e. The van der Waals surface area contributed by atoms with Crippen LogP contribution in [0.15, 0.2) is 21.5 Å². The molecule has 2 N–H and O–H groups in total. The molecule has 8 heteroatoms. The summed E-state index contributed by atoms with van der Waals surface area (Å²) in [6.07, 6.45) is 3.04. The summed E-state index contributed by atoms with van der Waals surface area (Å²) in [6.45, 7) is 4.50. The Balaban J connectivity index is 0.00000208. The van der Waals surface area contributed by atoms with Crippen LogP contribution in [0.2, 0.25) is 0 Å². The largest absolute Gasteiger partial charge is 0.464 e. The molecule has 0 spiro atoms. The molecule has 136 valence electrons. The standard InChI is InChI=1S/C16H25N3O3S.HI/c1-11-3-6-15(22-11)12(2)18-16(19-14-4-5-14)17-9-13-7-8-23(20,21)10-13;/h3,6,12-14H,4-5,7-10H2,1-2H3,(H2,17,18,19);1H. The van der Waals surface area contributed by atoms with Gasteiger partial charge in [0.25, 0.3) is 0 Å². The van der Waals surface area contributed by atoms with Crippen molar-refractivity contribution in [1.29, 1.82) is 0 Å². The van der Waals surface area contributed by atoms with Crippen molar-refractivity contribution in [1.82, 2.24) is 10.6 Å². The van der Waals surface area contributed by atoms with E-state index in [0.29, 0.717) is 18.3 Å². The summed E-state index contributed by atoms with van der Waals surface area (Å²) in [6, 6.07) is 4.41. The van der Waals surface area contributed by atoms with Crippen LogP contribution in [0.5, 0.6) is 0 Å². The van der Waals surface area contributed by atoms with Gasteiger partial charge in [-0.2, -0.15) is 0 Å². The number of rotatable bonds is 5. The number of aryl methyl sites for hydroxylation is 1. The van der Waals surface area contributed by atoms with Crippen molar-refractivity contribution in [2.24, 2.45) is 10.9 Å². The molecule has 2 fully saturated rings. The third kappa shape index (κ3) is 5.65. The first kappa shape index (κ1) is 19.6. The Kier molecular flexibility index (Phi) is 6.58. The highest BCUT2D eigenvalue weighted by atomic mass is 127. The molecule has 3 rings (SSSR count). The van der Waals surface area contributed by atoms with E-state index in [0.717, 1.165) is 36.7 Å². The Morgan fingerprint density at radius 1 is 1.38 bits per heavy atom. The predicted molar refractivity (Wildman–Crippen MR) is 106 cm³/mol. The van der Waals surface area contributed by atoms with Gasteiger partial charge in [-0.1, -0.05) is 0 Å². The molecule has 1 aliphatic carbocycles. The summed E-state index contributed by atoms with van der Waals surface area (Å²) < 4.78 is 28.7. The van der Waals surface area contributed by atoms with Crippen LogP contribution in [-0.2, 0) is 9.84 Å². The molecule has 24 heavy (non-hydrogen) atoms. The lowest BCUT2D eigenvalue weighted by molar-refractivity contribution is 0.440. The summed E-state index contributed by atoms with van der Waals surface area (Å²) >= 11 is 0. The van der Waals surface area contributed by atoms with E-state index in [2.05, 4.69) is 15.6 Å². The molecule has 1 aromatic rings. The first-order valence-electron chi connectivity index (χ1n) is 8.25. The fourth-order valence-electron chi connectivity index (χ4n) is 2.75. The number of hydrogen-bond donors (Lipinski definition) is 2. The average Bonchev–Trinajstić information content (AvgIpc) is 3.07. The Bertz CT molecular complexity index is 682. The molecule has 0 radical (unpaired) electrons. The lowest BCUT2D eigenvalue weighted by Gasteiger charge is -2.17. The SMILES string of the molecule is Cc1ccc(C(C)NC(=NCC2CCS(=O)(=O)C2)NC2CC2)o1.I. The third-order valence-electron chi connectivity index (χ3n) is 4.29. The molecular formula is C16H26IN3O3S. The van der Waals surface area contributed by atoms with E-state index in [1.54, 1.807) is 0 Å². The molecule has 1 aliphatic heterocycles. The Morgan fingerprint density at radius 3 is 2.67 bits per heavy atom. The number of nitrogens with zero attached hydrogens (tertiary/aromatic N) is 1. The summed E-state index contributed by atoms with van der Waals surface area (Å²) in [7, 11) is -2.84. The van der Waals surface area contributed by atoms with Gasteiger partial charge in [-0.25, -0.2) is 8.42 Å². The van der Waals surface area contributed by atoms with Gasteiger partial charge < -0.3 is 15.1 Å². The maximum absolute atomic E-state index is 11.5. The lowest BCUT2D eigenvalue weighted by atomic mass is 10.1. The first-order valence-corrected chi connectivity index (χ1v) is 10.1. The van der Waals surface area contributed by atoms with Gasteiger partial charge in [0.05, 0.1) is 17.5 Å². The number of furan rings is 1. The Labute approximate surface area is 160 Å². The minimum absolute atomic E-state index is 0. The van der Waals surface area contributed by atoms with Gasteiger partial charge >= 0.3 is 0 Å². The van der Waals surface area contributed by atoms with Crippen LogP contribution in [0.25, 0.3) is 0 Å². The van der Waals surface area contributed by atoms with Crippen LogP contribution in [0.4, 0.5) is 0 Å². The van der Waals surface area contributed by atoms with Gasteiger partial charge in [0.1, 0.15) is 11.5 Å². The Hall–Kier alpha value is -0.770. The van der Waals surface area contributed by atoms with E-state index < -0.39 is 9.84 Å². The molecule has 0 aromatic carbocycles. The van der Waals surface area contributed by atoms with Gasteiger partial charge in [0.15, 0.2) is 15.8 Å². The second-order valence-corrected chi connectivity index (χ2v) is 8.92. The molecule has 2 heterocycles. The van der Waals surface area contributed by atoms with Gasteiger partial charge in [0.2, 0.25) is 0 Å². The number of guanidine groups is 1. The maximum Gasteiger partial charge on any atom is 0.192 e. The number of halogens is 1. The van der Waals surface area contributed by atoms with Crippen LogP contribution >= 0.6 is 24.0 Å². The molecule has 0 bridgehead atoms. The smallest absolute Gasteiger partial charge is 0.192 e. The van der Waals surface area contributed by atoms with Crippen LogP contribution in [0.1, 0.15) is 43.7 Å². The van der Waals surface area contributed by atoms with Crippen LogP contribution in [0.3, 0.4) is 0 Å². The lowest BCUT2D eigenvalue weighted by Crippen LogP contribution is -2.40. The summed E-state index contributed by atoms with van der Waals surface area (Å²) in [5.74, 6) is 3.21. The van der Waals surface area contributed by atoms with Crippen LogP contribution in [-0.4, -0.2) is 38.5 Å². The van der Waals surface area contributed by atoms with Crippen molar-refractivity contribution in [3.8, 4) is 0 Å². The monoisotopic (exact) mass is 467 g/mol. The molecular weight excluding hydrogens is 441 g/mol. The normalized spacial score (nSPS) is 24.2. The number of nitrogens with one attached hydrogen (secondary N) is 2. The maximum atomic E-state index is 11.5. The van der Waals surface area contributed by atoms with Crippen molar-refractivity contribution in [3.63, 3.8) is 0 Å². The Morgan fingerprint density at radius 2 is 2.12 bits per heavy atom. The zero-order chi connectivity index (χ0) is 16.4. The fraction of sp³-hybridized carbons (Fsp3) is 0.688. The van der Waals surface area contributed by atoms with E-state index >= 15 is 0 Å². The highest BCUT2D eigenvalue weighted by Crippen LogP contribution is 2.21. The molecule has 1 saturated carbocycles. The van der Waals surface area contributed by atoms with Crippen molar-refractivity contribution in [2.45, 2.75) is 45.2 Å². The van der Waals surface area contributed by atoms with Crippen molar-refractivity contribution in [3.05, 3.63) is 23.7 Å². The zero-order valence-corrected chi connectivity index (χ0v) is 17.3. The molecule has 6 nitrogen and oxygen atoms in total. The molecule has 2 unspecified atom stereocenters. The number of aliphatic imine (C=N–C) groups is 1. The van der Waals surface area contributed by atoms with E-state index in [9.17, 15) is 8.42 Å². The second kappa shape index (κ2) is 8.07. The molecule has 2 atom stereocenters. The minimum atomic E-state index is -2.84. The fourth-order valence-corrected chi connectivity index (χ4v) is 4.60. The topological polar surface area (TPSA) is 83.7 Å². The molecule has 1 aromatic heterocycles. The number of hydrogen-bond acceptors (Lipinski definition) is 4. The van der Waals surface area contributed by atoms with Gasteiger partial charge in [-0.05, 0) is 51.2 Å². The van der Waals surface area contributed by atoms with E-state index in [1.165, 1.54) is 0 Å². The van der Waals surface area contributed by atoms with Gasteiger partial charge in [-0.15, -0.1) is 24.0 Å². The van der Waals surface area contributed by atoms with E-state index in [1.807, 2.05) is 26.0 Å². The molecule has 1 saturated heterocycles. The summed E-state index contributed by atoms with van der Waals surface area (Å²) in [5.41, 5.74) is 0. The number of sulfone groups is 1. The molecule has 2 aliphatic rings. The highest BCUT2D eigenvalue weighted by Gasteiger charge is 2.28. The van der Waals surface area contributed by atoms with Crippen LogP contribution in [0, 0.1) is 12.8 Å². The van der Waals surface area contributed by atoms with Crippen molar-refractivity contribution >= 4 is 39.8 Å². The van der Waals surface area contributed by atoms with Crippen molar-refractivity contribution < 1.29 is 12.8 Å². The highest BCUT2D eigenvalue weighted by molar-refractivity contribution is 14.0. The summed E-state index contributed by atoms with van der Waals surface area (Å²) in [4.78, 5) is 4.61. The summed E-state index contributed by atoms with van der Waals surface area (Å²) in [5, 5.41) is 6.75. The first-order chi connectivity index (χ1) is 10.9. The van der Waals surface area contributed by atoms with E-state index in [-0.39, 0.29) is 41.7 Å². The quantitative estimate of drug-likeness (QED) is 0.395. The van der Waals surface area contributed by atoms with E-state index in [4.69, 9.17) is 4.42 Å². The average molecular weight is 467 g/mol. The van der Waals surface area contributed by atoms with Gasteiger partial charge in [0, 0.05) is 12.6 Å². The van der Waals surface area contributed by atoms with Crippen LogP contribution < -0.4 is 10.6 Å². The predicted octanol–water partition coefficient (Wildman–Crippen LogP) is 2.40. The molecule has 0 amide bonds.